The third kappa shape index (κ3) is 4.47. The highest BCUT2D eigenvalue weighted by atomic mass is 16.4. The van der Waals surface area contributed by atoms with E-state index in [0.29, 0.717) is 18.5 Å². The summed E-state index contributed by atoms with van der Waals surface area (Å²) < 4.78 is 0. The van der Waals surface area contributed by atoms with Crippen LogP contribution in [0.2, 0.25) is 0 Å². The molecule has 0 radical (unpaired) electrons. The van der Waals surface area contributed by atoms with Crippen molar-refractivity contribution in [2.24, 2.45) is 5.41 Å². The quantitative estimate of drug-likeness (QED) is 0.705. The van der Waals surface area contributed by atoms with E-state index in [-0.39, 0.29) is 5.91 Å². The molecule has 2 N–H and O–H groups in total. The van der Waals surface area contributed by atoms with Crippen LogP contribution in [0.5, 0.6) is 0 Å². The Morgan fingerprint density at radius 1 is 1.19 bits per heavy atom. The first-order valence-electron chi connectivity index (χ1n) is 5.34. The van der Waals surface area contributed by atoms with Gasteiger partial charge in [0.25, 0.3) is 0 Å². The second kappa shape index (κ2) is 5.68. The Morgan fingerprint density at radius 2 is 1.69 bits per heavy atom. The van der Waals surface area contributed by atoms with Crippen LogP contribution in [0, 0.1) is 5.41 Å². The number of carboxylic acid groups (broad SMARTS) is 1. The zero-order valence-electron chi connectivity index (χ0n) is 10.7. The van der Waals surface area contributed by atoms with E-state index in [2.05, 4.69) is 5.32 Å². The van der Waals surface area contributed by atoms with E-state index in [1.807, 2.05) is 13.8 Å². The highest BCUT2D eigenvalue weighted by molar-refractivity contribution is 5.93. The standard InChI is InChI=1S/C12H21NO3/c1-8(2)9(3)10(14)13-7-6-12(4,5)11(15)16/h6-7H2,1-5H3,(H,13,14)(H,15,16). The van der Waals surface area contributed by atoms with Crippen LogP contribution < -0.4 is 5.32 Å². The van der Waals surface area contributed by atoms with Gasteiger partial charge in [-0.3, -0.25) is 9.59 Å². The number of rotatable bonds is 5. The van der Waals surface area contributed by atoms with Crippen LogP contribution in [-0.4, -0.2) is 23.5 Å². The average molecular weight is 227 g/mol. The van der Waals surface area contributed by atoms with Crippen molar-refractivity contribution in [1.29, 1.82) is 0 Å². The first-order valence-corrected chi connectivity index (χ1v) is 5.34. The number of amides is 1. The zero-order chi connectivity index (χ0) is 12.9. The number of carbonyl (C=O) groups excluding carboxylic acids is 1. The summed E-state index contributed by atoms with van der Waals surface area (Å²) in [6.07, 6.45) is 0.421. The van der Waals surface area contributed by atoms with Crippen LogP contribution in [0.1, 0.15) is 41.0 Å². The maximum absolute atomic E-state index is 11.5. The normalized spacial score (nSPS) is 10.8. The van der Waals surface area contributed by atoms with Gasteiger partial charge in [0.1, 0.15) is 0 Å². The lowest BCUT2D eigenvalue weighted by molar-refractivity contribution is -0.147. The highest BCUT2D eigenvalue weighted by Gasteiger charge is 2.26. The van der Waals surface area contributed by atoms with Crippen molar-refractivity contribution in [3.05, 3.63) is 11.1 Å². The van der Waals surface area contributed by atoms with Gasteiger partial charge in [-0.15, -0.1) is 0 Å². The maximum Gasteiger partial charge on any atom is 0.309 e. The summed E-state index contributed by atoms with van der Waals surface area (Å²) in [6, 6.07) is 0. The highest BCUT2D eigenvalue weighted by Crippen LogP contribution is 2.19. The van der Waals surface area contributed by atoms with Gasteiger partial charge in [0, 0.05) is 12.1 Å². The van der Waals surface area contributed by atoms with Crippen molar-refractivity contribution in [2.75, 3.05) is 6.54 Å². The van der Waals surface area contributed by atoms with E-state index in [0.717, 1.165) is 5.57 Å². The Morgan fingerprint density at radius 3 is 2.06 bits per heavy atom. The second-order valence-corrected chi connectivity index (χ2v) is 4.82. The summed E-state index contributed by atoms with van der Waals surface area (Å²) in [4.78, 5) is 22.3. The lowest BCUT2D eigenvalue weighted by Crippen LogP contribution is -2.32. The van der Waals surface area contributed by atoms with E-state index in [9.17, 15) is 9.59 Å². The minimum Gasteiger partial charge on any atom is -0.481 e. The minimum absolute atomic E-state index is 0.124. The number of allylic oxidation sites excluding steroid dienone is 1. The molecule has 92 valence electrons. The van der Waals surface area contributed by atoms with Gasteiger partial charge < -0.3 is 10.4 Å². The molecule has 0 aliphatic rings. The molecule has 0 saturated carbocycles. The number of nitrogens with one attached hydrogen (secondary N) is 1. The topological polar surface area (TPSA) is 66.4 Å². The predicted octanol–water partition coefficient (Wildman–Crippen LogP) is 1.96. The van der Waals surface area contributed by atoms with Crippen LogP contribution in [0.4, 0.5) is 0 Å². The third-order valence-electron chi connectivity index (χ3n) is 2.71. The fourth-order valence-electron chi connectivity index (χ4n) is 0.955. The van der Waals surface area contributed by atoms with Gasteiger partial charge in [0.2, 0.25) is 5.91 Å². The van der Waals surface area contributed by atoms with E-state index >= 15 is 0 Å². The third-order valence-corrected chi connectivity index (χ3v) is 2.71. The van der Waals surface area contributed by atoms with Gasteiger partial charge >= 0.3 is 5.97 Å². The van der Waals surface area contributed by atoms with Gasteiger partial charge in [-0.05, 0) is 41.0 Å². The van der Waals surface area contributed by atoms with Crippen molar-refractivity contribution in [3.63, 3.8) is 0 Å². The molecular formula is C12H21NO3. The van der Waals surface area contributed by atoms with Gasteiger partial charge in [-0.2, -0.15) is 0 Å². The van der Waals surface area contributed by atoms with E-state index in [1.165, 1.54) is 0 Å². The molecule has 0 bridgehead atoms. The maximum atomic E-state index is 11.5. The van der Waals surface area contributed by atoms with Crippen molar-refractivity contribution in [3.8, 4) is 0 Å². The Bertz CT molecular complexity index is 312. The molecule has 0 aliphatic carbocycles. The number of carboxylic acids is 1. The fraction of sp³-hybridized carbons (Fsp3) is 0.667. The van der Waals surface area contributed by atoms with Gasteiger partial charge in [0.05, 0.1) is 5.41 Å². The summed E-state index contributed by atoms with van der Waals surface area (Å²) in [5, 5.41) is 11.6. The first kappa shape index (κ1) is 14.7. The fourth-order valence-corrected chi connectivity index (χ4v) is 0.955. The number of aliphatic carboxylic acids is 1. The molecule has 0 aromatic carbocycles. The SMILES string of the molecule is CC(C)=C(C)C(=O)NCCC(C)(C)C(=O)O. The van der Waals surface area contributed by atoms with Crippen LogP contribution >= 0.6 is 0 Å². The predicted molar refractivity (Wildman–Crippen MR) is 63.1 cm³/mol. The largest absolute Gasteiger partial charge is 0.481 e. The summed E-state index contributed by atoms with van der Waals surface area (Å²) in [6.45, 7) is 9.17. The molecule has 0 rings (SSSR count). The van der Waals surface area contributed by atoms with Crippen LogP contribution in [0.25, 0.3) is 0 Å². The first-order chi connectivity index (χ1) is 7.18. The lowest BCUT2D eigenvalue weighted by Gasteiger charge is -2.19. The minimum atomic E-state index is -0.847. The molecule has 0 spiro atoms. The van der Waals surface area contributed by atoms with Crippen molar-refractivity contribution in [1.82, 2.24) is 5.32 Å². The Kier molecular flexibility index (Phi) is 5.21. The average Bonchev–Trinajstić information content (AvgIpc) is 2.15. The molecule has 0 atom stereocenters. The molecular weight excluding hydrogens is 206 g/mol. The molecule has 0 aliphatic heterocycles. The van der Waals surface area contributed by atoms with Gasteiger partial charge in [0.15, 0.2) is 0 Å². The van der Waals surface area contributed by atoms with Crippen molar-refractivity contribution < 1.29 is 14.7 Å². The number of carbonyl (C=O) groups is 2. The molecule has 16 heavy (non-hydrogen) atoms. The Hall–Kier alpha value is -1.32. The van der Waals surface area contributed by atoms with Gasteiger partial charge in [-0.25, -0.2) is 0 Å². The monoisotopic (exact) mass is 227 g/mol. The molecule has 0 unspecified atom stereocenters. The van der Waals surface area contributed by atoms with Crippen molar-refractivity contribution >= 4 is 11.9 Å². The van der Waals surface area contributed by atoms with Crippen LogP contribution in [-0.2, 0) is 9.59 Å². The molecule has 0 aromatic rings. The van der Waals surface area contributed by atoms with E-state index in [1.54, 1.807) is 20.8 Å². The molecule has 1 amide bonds. The van der Waals surface area contributed by atoms with Crippen LogP contribution in [0.15, 0.2) is 11.1 Å². The van der Waals surface area contributed by atoms with Crippen LogP contribution in [0.3, 0.4) is 0 Å². The molecule has 0 aromatic heterocycles. The van der Waals surface area contributed by atoms with Crippen molar-refractivity contribution in [2.45, 2.75) is 41.0 Å². The summed E-state index contributed by atoms with van der Waals surface area (Å²) >= 11 is 0. The van der Waals surface area contributed by atoms with E-state index < -0.39 is 11.4 Å². The van der Waals surface area contributed by atoms with Gasteiger partial charge in [-0.1, -0.05) is 5.57 Å². The summed E-state index contributed by atoms with van der Waals surface area (Å²) in [5.74, 6) is -0.970. The molecule has 0 fully saturated rings. The Balaban J connectivity index is 4.16. The number of hydrogen-bond donors (Lipinski definition) is 2. The molecule has 0 saturated heterocycles. The lowest BCUT2D eigenvalue weighted by atomic mass is 9.89. The summed E-state index contributed by atoms with van der Waals surface area (Å²) in [5.41, 5.74) is 0.856. The molecule has 0 heterocycles. The number of hydrogen-bond acceptors (Lipinski definition) is 2. The smallest absolute Gasteiger partial charge is 0.309 e. The second-order valence-electron chi connectivity index (χ2n) is 4.82. The molecule has 4 nitrogen and oxygen atoms in total. The zero-order valence-corrected chi connectivity index (χ0v) is 10.7. The summed E-state index contributed by atoms with van der Waals surface area (Å²) in [7, 11) is 0. The molecule has 4 heteroatoms. The Labute approximate surface area is 96.7 Å². The van der Waals surface area contributed by atoms with E-state index in [4.69, 9.17) is 5.11 Å².